The second kappa shape index (κ2) is 9.16. The molecule has 9 nitrogen and oxygen atoms in total. The van der Waals surface area contributed by atoms with Crippen LogP contribution in [0.3, 0.4) is 0 Å². The molecule has 6 rings (SSSR count). The first kappa shape index (κ1) is 23.4. The maximum Gasteiger partial charge on any atom is 0.342 e. The fourth-order valence-electron chi connectivity index (χ4n) is 5.02. The van der Waals surface area contributed by atoms with E-state index in [1.165, 1.54) is 4.90 Å². The molecule has 0 saturated carbocycles. The van der Waals surface area contributed by atoms with Gasteiger partial charge in [0.1, 0.15) is 5.56 Å². The van der Waals surface area contributed by atoms with Crippen molar-refractivity contribution >= 4 is 18.0 Å². The molecule has 0 N–H and O–H groups in total. The third-order valence-electron chi connectivity index (χ3n) is 6.78. The second-order valence-electron chi connectivity index (χ2n) is 8.85. The van der Waals surface area contributed by atoms with E-state index in [-0.39, 0.29) is 43.8 Å². The van der Waals surface area contributed by atoms with Gasteiger partial charge in [0.15, 0.2) is 28.5 Å². The van der Waals surface area contributed by atoms with E-state index in [2.05, 4.69) is 6.07 Å². The first-order chi connectivity index (χ1) is 18.6. The predicted molar refractivity (Wildman–Crippen MR) is 134 cm³/mol. The van der Waals surface area contributed by atoms with Gasteiger partial charge in [-0.2, -0.15) is 5.26 Å². The van der Waals surface area contributed by atoms with Gasteiger partial charge in [-0.05, 0) is 54.5 Å². The van der Waals surface area contributed by atoms with Gasteiger partial charge in [0, 0.05) is 23.7 Å². The number of amides is 1. The molecule has 1 atom stereocenters. The number of nitrogens with zero attached hydrogens (tertiary/aromatic N) is 2. The van der Waals surface area contributed by atoms with Crippen LogP contribution in [0.1, 0.15) is 44.3 Å². The van der Waals surface area contributed by atoms with Crippen LogP contribution in [0, 0.1) is 11.3 Å². The van der Waals surface area contributed by atoms with E-state index in [0.29, 0.717) is 39.5 Å². The topological polar surface area (TPSA) is 107 Å². The first-order valence-electron chi connectivity index (χ1n) is 12.1. The maximum absolute atomic E-state index is 13.8. The van der Waals surface area contributed by atoms with E-state index in [0.717, 1.165) is 0 Å². The molecule has 3 aliphatic heterocycles. The highest BCUT2D eigenvalue weighted by atomic mass is 16.7. The highest BCUT2D eigenvalue weighted by Gasteiger charge is 2.47. The molecule has 3 heterocycles. The summed E-state index contributed by atoms with van der Waals surface area (Å²) in [5, 5.41) is 10.9. The Kier molecular flexibility index (Phi) is 5.65. The zero-order chi connectivity index (χ0) is 26.3. The fraction of sp³-hybridized carbons (Fsp3) is 0.207. The maximum atomic E-state index is 13.8. The Balaban J connectivity index is 1.55. The standard InChI is InChI=1S/C29H22N2O7/c1-2-34-28(33)25-20(8-9-22-26(25)38-17-35-22)14-29(15-30)21-13-24-23(36-16-37-24)12-19(21)10-11-31(29)27(32)18-6-4-3-5-7-18/h3-13H,2,14,16-17H2,1H3. The number of esters is 1. The lowest BCUT2D eigenvalue weighted by Gasteiger charge is -2.41. The summed E-state index contributed by atoms with van der Waals surface area (Å²) in [6, 6.07) is 18.0. The van der Waals surface area contributed by atoms with Crippen molar-refractivity contribution in [3.8, 4) is 29.1 Å². The minimum absolute atomic E-state index is 0.0379. The second-order valence-corrected chi connectivity index (χ2v) is 8.85. The molecule has 0 saturated heterocycles. The van der Waals surface area contributed by atoms with Gasteiger partial charge in [-0.3, -0.25) is 9.69 Å². The molecule has 38 heavy (non-hydrogen) atoms. The van der Waals surface area contributed by atoms with Crippen molar-refractivity contribution in [2.24, 2.45) is 0 Å². The molecule has 9 heteroatoms. The number of rotatable bonds is 5. The van der Waals surface area contributed by atoms with Crippen LogP contribution in [0.4, 0.5) is 0 Å². The number of hydrogen-bond acceptors (Lipinski definition) is 8. The molecule has 0 aliphatic carbocycles. The van der Waals surface area contributed by atoms with E-state index in [4.69, 9.17) is 23.7 Å². The number of carbonyl (C=O) groups is 2. The van der Waals surface area contributed by atoms with Crippen LogP contribution in [0.15, 0.2) is 60.8 Å². The Bertz CT molecular complexity index is 1530. The quantitative estimate of drug-likeness (QED) is 0.465. The van der Waals surface area contributed by atoms with Crippen molar-refractivity contribution < 1.29 is 33.3 Å². The average molecular weight is 511 g/mol. The van der Waals surface area contributed by atoms with E-state index in [1.807, 2.05) is 6.07 Å². The van der Waals surface area contributed by atoms with Gasteiger partial charge in [-0.25, -0.2) is 4.79 Å². The minimum Gasteiger partial charge on any atom is -0.462 e. The van der Waals surface area contributed by atoms with Crippen molar-refractivity contribution in [1.82, 2.24) is 4.90 Å². The molecule has 0 spiro atoms. The number of fused-ring (bicyclic) bond motifs is 3. The van der Waals surface area contributed by atoms with Gasteiger partial charge in [-0.15, -0.1) is 0 Å². The van der Waals surface area contributed by atoms with Crippen molar-refractivity contribution in [2.75, 3.05) is 20.2 Å². The lowest BCUT2D eigenvalue weighted by atomic mass is 9.77. The van der Waals surface area contributed by atoms with Crippen LogP contribution in [0.25, 0.3) is 6.08 Å². The molecule has 1 amide bonds. The number of ether oxygens (including phenoxy) is 5. The zero-order valence-electron chi connectivity index (χ0n) is 20.4. The Morgan fingerprint density at radius 1 is 1.00 bits per heavy atom. The normalized spacial score (nSPS) is 18.1. The Morgan fingerprint density at radius 2 is 1.74 bits per heavy atom. The molecular weight excluding hydrogens is 488 g/mol. The van der Waals surface area contributed by atoms with Crippen molar-refractivity contribution in [3.63, 3.8) is 0 Å². The highest BCUT2D eigenvalue weighted by Crippen LogP contribution is 2.47. The zero-order valence-corrected chi connectivity index (χ0v) is 20.4. The van der Waals surface area contributed by atoms with E-state index >= 15 is 0 Å². The third kappa shape index (κ3) is 3.61. The molecule has 3 aromatic carbocycles. The Hall–Kier alpha value is -4.97. The summed E-state index contributed by atoms with van der Waals surface area (Å²) in [5.74, 6) is 0.723. The molecule has 0 bridgehead atoms. The van der Waals surface area contributed by atoms with Crippen molar-refractivity contribution in [3.05, 3.63) is 88.6 Å². The molecule has 1 unspecified atom stereocenters. The molecule has 3 aromatic rings. The van der Waals surface area contributed by atoms with Gasteiger partial charge in [-0.1, -0.05) is 24.3 Å². The van der Waals surface area contributed by atoms with Crippen LogP contribution in [0.2, 0.25) is 0 Å². The van der Waals surface area contributed by atoms with Gasteiger partial charge in [0.25, 0.3) is 5.91 Å². The number of carbonyl (C=O) groups excluding carboxylic acids is 2. The Labute approximate surface area is 218 Å². The van der Waals surface area contributed by atoms with Crippen LogP contribution >= 0.6 is 0 Å². The molecule has 0 radical (unpaired) electrons. The summed E-state index contributed by atoms with van der Waals surface area (Å²) >= 11 is 0. The smallest absolute Gasteiger partial charge is 0.342 e. The number of hydrogen-bond donors (Lipinski definition) is 0. The van der Waals surface area contributed by atoms with Gasteiger partial charge < -0.3 is 23.7 Å². The van der Waals surface area contributed by atoms with Crippen molar-refractivity contribution in [2.45, 2.75) is 18.9 Å². The molecule has 3 aliphatic rings. The van der Waals surface area contributed by atoms with Gasteiger partial charge in [0.05, 0.1) is 12.7 Å². The average Bonchev–Trinajstić information content (AvgIpc) is 3.61. The number of nitriles is 1. The summed E-state index contributed by atoms with van der Waals surface area (Å²) in [4.78, 5) is 28.4. The molecular formula is C29H22N2O7. The highest BCUT2D eigenvalue weighted by molar-refractivity contribution is 5.98. The first-order valence-corrected chi connectivity index (χ1v) is 12.1. The fourth-order valence-corrected chi connectivity index (χ4v) is 5.02. The van der Waals surface area contributed by atoms with Crippen LogP contribution in [-0.4, -0.2) is 37.0 Å². The van der Waals surface area contributed by atoms with Crippen molar-refractivity contribution in [1.29, 1.82) is 5.26 Å². The molecule has 0 aromatic heterocycles. The largest absolute Gasteiger partial charge is 0.462 e. The number of benzene rings is 3. The van der Waals surface area contributed by atoms with Gasteiger partial charge >= 0.3 is 5.97 Å². The molecule has 190 valence electrons. The third-order valence-corrected chi connectivity index (χ3v) is 6.78. The van der Waals surface area contributed by atoms with E-state index in [9.17, 15) is 14.9 Å². The minimum atomic E-state index is -1.55. The Morgan fingerprint density at radius 3 is 2.50 bits per heavy atom. The summed E-state index contributed by atoms with van der Waals surface area (Å²) in [5.41, 5.74) is 0.749. The summed E-state index contributed by atoms with van der Waals surface area (Å²) in [6.07, 6.45) is 3.32. The SMILES string of the molecule is CCOC(=O)c1c(CC2(C#N)c3cc4c(cc3C=CN2C(=O)c2ccccc2)OCO4)ccc2c1OCO2. The van der Waals surface area contributed by atoms with E-state index < -0.39 is 11.5 Å². The lowest BCUT2D eigenvalue weighted by Crippen LogP contribution is -2.49. The molecule has 0 fully saturated rings. The predicted octanol–water partition coefficient (Wildman–Crippen LogP) is 4.41. The van der Waals surface area contributed by atoms with Crippen LogP contribution in [0.5, 0.6) is 23.0 Å². The summed E-state index contributed by atoms with van der Waals surface area (Å²) in [7, 11) is 0. The lowest BCUT2D eigenvalue weighted by molar-refractivity contribution is 0.0519. The summed E-state index contributed by atoms with van der Waals surface area (Å²) in [6.45, 7) is 1.88. The van der Waals surface area contributed by atoms with Crippen LogP contribution < -0.4 is 18.9 Å². The van der Waals surface area contributed by atoms with Gasteiger partial charge in [0.2, 0.25) is 13.6 Å². The summed E-state index contributed by atoms with van der Waals surface area (Å²) < 4.78 is 27.6. The van der Waals surface area contributed by atoms with Crippen LogP contribution in [-0.2, 0) is 16.7 Å². The van der Waals surface area contributed by atoms with E-state index in [1.54, 1.807) is 67.7 Å². The monoisotopic (exact) mass is 510 g/mol.